The van der Waals surface area contributed by atoms with Crippen LogP contribution in [0.15, 0.2) is 30.3 Å². The summed E-state index contributed by atoms with van der Waals surface area (Å²) in [7, 11) is 0. The number of fused-ring (bicyclic) bond motifs is 3. The van der Waals surface area contributed by atoms with Crippen molar-refractivity contribution in [3.05, 3.63) is 41.5 Å². The Morgan fingerprint density at radius 1 is 1.03 bits per heavy atom. The smallest absolute Gasteiger partial charge is 0.420 e. The Labute approximate surface area is 217 Å². The summed E-state index contributed by atoms with van der Waals surface area (Å²) in [5.74, 6) is -0.392. The molecule has 3 aliphatic rings. The lowest BCUT2D eigenvalue weighted by Crippen LogP contribution is -2.53. The van der Waals surface area contributed by atoms with Crippen molar-refractivity contribution in [2.24, 2.45) is 11.8 Å². The highest BCUT2D eigenvalue weighted by atomic mass is 19.4. The van der Waals surface area contributed by atoms with E-state index in [9.17, 15) is 23.1 Å². The van der Waals surface area contributed by atoms with Gasteiger partial charge in [-0.15, -0.1) is 0 Å². The number of alkyl halides is 3. The van der Waals surface area contributed by atoms with Gasteiger partial charge in [-0.05, 0) is 86.1 Å². The summed E-state index contributed by atoms with van der Waals surface area (Å²) < 4.78 is 49.1. The van der Waals surface area contributed by atoms with Crippen molar-refractivity contribution < 1.29 is 27.8 Å². The minimum absolute atomic E-state index is 0.0534. The molecule has 2 aromatic rings. The van der Waals surface area contributed by atoms with Gasteiger partial charge in [-0.3, -0.25) is 9.69 Å². The van der Waals surface area contributed by atoms with Crippen molar-refractivity contribution in [2.75, 3.05) is 6.54 Å². The van der Waals surface area contributed by atoms with Gasteiger partial charge >= 0.3 is 12.1 Å². The Morgan fingerprint density at radius 3 is 2.32 bits per heavy atom. The fraction of sp³-hybridized carbons (Fsp3) is 0.633. The fourth-order valence-electron chi connectivity index (χ4n) is 7.03. The number of ether oxygens (including phenoxy) is 1. The lowest BCUT2D eigenvalue weighted by Gasteiger charge is -2.48. The molecule has 4 nitrogen and oxygen atoms in total. The zero-order valence-corrected chi connectivity index (χ0v) is 21.6. The molecule has 3 fully saturated rings. The normalized spacial score (nSPS) is 28.8. The molecule has 2 bridgehead atoms. The van der Waals surface area contributed by atoms with E-state index in [1.54, 1.807) is 18.2 Å². The van der Waals surface area contributed by atoms with Crippen molar-refractivity contribution in [3.63, 3.8) is 0 Å². The van der Waals surface area contributed by atoms with Gasteiger partial charge in [0, 0.05) is 18.6 Å². The van der Waals surface area contributed by atoms with Gasteiger partial charge in [-0.1, -0.05) is 44.0 Å². The third kappa shape index (κ3) is 5.76. The zero-order valence-electron chi connectivity index (χ0n) is 21.6. The minimum atomic E-state index is -4.51. The highest BCUT2D eigenvalue weighted by molar-refractivity contribution is 5.89. The van der Waals surface area contributed by atoms with Crippen molar-refractivity contribution >= 4 is 16.7 Å². The first-order chi connectivity index (χ1) is 17.7. The van der Waals surface area contributed by atoms with Crippen molar-refractivity contribution in [1.29, 1.82) is 0 Å². The molecule has 7 heteroatoms. The molecule has 37 heavy (non-hydrogen) atoms. The second-order valence-electron chi connectivity index (χ2n) is 11.4. The molecular formula is C30H38F3NO3. The highest BCUT2D eigenvalue weighted by Gasteiger charge is 2.41. The number of rotatable bonds is 7. The van der Waals surface area contributed by atoms with Gasteiger partial charge in [-0.25, -0.2) is 0 Å². The molecule has 1 aliphatic carbocycles. The number of carbonyl (C=O) groups is 1. The predicted molar refractivity (Wildman–Crippen MR) is 138 cm³/mol. The van der Waals surface area contributed by atoms with Crippen LogP contribution >= 0.6 is 0 Å². The maximum Gasteiger partial charge on any atom is 0.420 e. The molecule has 2 heterocycles. The molecule has 2 aliphatic heterocycles. The summed E-state index contributed by atoms with van der Waals surface area (Å²) in [5.41, 5.74) is 0.209. The number of hydrogen-bond acceptors (Lipinski definition) is 3. The van der Waals surface area contributed by atoms with Gasteiger partial charge in [0.05, 0.1) is 12.0 Å². The molecule has 1 saturated carbocycles. The molecule has 2 unspecified atom stereocenters. The molecule has 202 valence electrons. The molecule has 0 aromatic heterocycles. The summed E-state index contributed by atoms with van der Waals surface area (Å²) in [6, 6.07) is 9.14. The van der Waals surface area contributed by atoms with E-state index >= 15 is 0 Å². The lowest BCUT2D eigenvalue weighted by atomic mass is 9.78. The summed E-state index contributed by atoms with van der Waals surface area (Å²) in [4.78, 5) is 14.0. The SMILES string of the molecule is CC[C@H]1CC[C@@H](Oc2ccc3ccc(CCN4C5CCC[C@H]4CC(C(=O)O)C5)cc3c2C(F)(F)F)CC1. The number of nitrogens with zero attached hydrogens (tertiary/aromatic N) is 1. The number of piperidine rings is 2. The van der Waals surface area contributed by atoms with E-state index in [0.717, 1.165) is 63.5 Å². The number of benzene rings is 2. The molecule has 0 amide bonds. The zero-order chi connectivity index (χ0) is 26.2. The van der Waals surface area contributed by atoms with Gasteiger partial charge in [0.25, 0.3) is 0 Å². The minimum Gasteiger partial charge on any atom is -0.490 e. The van der Waals surface area contributed by atoms with Crippen LogP contribution in [0.1, 0.15) is 82.3 Å². The van der Waals surface area contributed by atoms with E-state index in [1.807, 2.05) is 6.07 Å². The Morgan fingerprint density at radius 2 is 1.70 bits per heavy atom. The van der Waals surface area contributed by atoms with Crippen LogP contribution in [0.3, 0.4) is 0 Å². The molecule has 2 saturated heterocycles. The van der Waals surface area contributed by atoms with Crippen LogP contribution < -0.4 is 4.74 Å². The van der Waals surface area contributed by atoms with Crippen LogP contribution in [0, 0.1) is 11.8 Å². The summed E-state index contributed by atoms with van der Waals surface area (Å²) in [6.45, 7) is 2.91. The Kier molecular flexibility index (Phi) is 7.71. The molecule has 1 N–H and O–H groups in total. The van der Waals surface area contributed by atoms with Crippen LogP contribution in [-0.4, -0.2) is 40.7 Å². The van der Waals surface area contributed by atoms with Crippen LogP contribution in [0.25, 0.3) is 10.8 Å². The summed E-state index contributed by atoms with van der Waals surface area (Å²) in [6.07, 6.45) is 5.14. The molecular weight excluding hydrogens is 479 g/mol. The summed E-state index contributed by atoms with van der Waals surface area (Å²) >= 11 is 0. The molecule has 5 rings (SSSR count). The number of carboxylic acids is 1. The first kappa shape index (κ1) is 26.3. The molecule has 0 radical (unpaired) electrons. The number of halogens is 3. The second-order valence-corrected chi connectivity index (χ2v) is 11.4. The van der Waals surface area contributed by atoms with E-state index in [-0.39, 0.29) is 35.2 Å². The van der Waals surface area contributed by atoms with Crippen LogP contribution in [0.5, 0.6) is 5.75 Å². The van der Waals surface area contributed by atoms with Gasteiger partial charge < -0.3 is 9.84 Å². The van der Waals surface area contributed by atoms with Gasteiger partial charge in [0.15, 0.2) is 0 Å². The Hall–Kier alpha value is -2.28. The first-order valence-electron chi connectivity index (χ1n) is 14.0. The summed E-state index contributed by atoms with van der Waals surface area (Å²) in [5, 5.41) is 10.3. The van der Waals surface area contributed by atoms with Crippen molar-refractivity contribution in [2.45, 2.75) is 102 Å². The van der Waals surface area contributed by atoms with Crippen molar-refractivity contribution in [3.8, 4) is 5.75 Å². The molecule has 0 spiro atoms. The Balaban J connectivity index is 1.35. The standard InChI is InChI=1S/C30H38F3NO3/c1-2-19-7-11-25(12-8-19)37-27-13-10-21-9-6-20(16-26(21)28(27)30(31,32)33)14-15-34-23-4-3-5-24(34)18-22(17-23)29(35)36/h6,9-10,13,16,19,22-25H,2-5,7-8,11-12,14-15,17-18H2,1H3,(H,35,36)/t19-,22?,23-,24?,25+/m0/s1. The number of hydrogen-bond donors (Lipinski definition) is 1. The van der Waals surface area contributed by atoms with Gasteiger partial charge in [0.1, 0.15) is 11.3 Å². The number of aliphatic carboxylic acids is 1. The third-order valence-corrected chi connectivity index (χ3v) is 9.13. The van der Waals surface area contributed by atoms with Gasteiger partial charge in [-0.2, -0.15) is 13.2 Å². The predicted octanol–water partition coefficient (Wildman–Crippen LogP) is 7.47. The largest absolute Gasteiger partial charge is 0.490 e. The lowest BCUT2D eigenvalue weighted by molar-refractivity contribution is -0.146. The topological polar surface area (TPSA) is 49.8 Å². The van der Waals surface area contributed by atoms with E-state index in [2.05, 4.69) is 11.8 Å². The second kappa shape index (κ2) is 10.8. The van der Waals surface area contributed by atoms with Gasteiger partial charge in [0.2, 0.25) is 0 Å². The van der Waals surface area contributed by atoms with Crippen molar-refractivity contribution in [1.82, 2.24) is 4.90 Å². The van der Waals surface area contributed by atoms with E-state index in [0.29, 0.717) is 30.6 Å². The molecule has 3 atom stereocenters. The highest BCUT2D eigenvalue weighted by Crippen LogP contribution is 2.43. The van der Waals surface area contributed by atoms with Crippen LogP contribution in [0.4, 0.5) is 13.2 Å². The van der Waals surface area contributed by atoms with E-state index in [1.165, 1.54) is 6.07 Å². The fourth-order valence-corrected chi connectivity index (χ4v) is 7.03. The Bertz CT molecular complexity index is 1100. The van der Waals surface area contributed by atoms with E-state index < -0.39 is 17.7 Å². The van der Waals surface area contributed by atoms with Crippen LogP contribution in [-0.2, 0) is 17.4 Å². The average molecular weight is 518 g/mol. The maximum absolute atomic E-state index is 14.4. The number of carboxylic acid groups (broad SMARTS) is 1. The monoisotopic (exact) mass is 517 g/mol. The van der Waals surface area contributed by atoms with E-state index in [4.69, 9.17) is 4.74 Å². The first-order valence-corrected chi connectivity index (χ1v) is 14.0. The maximum atomic E-state index is 14.4. The third-order valence-electron chi connectivity index (χ3n) is 9.13. The average Bonchev–Trinajstić information content (AvgIpc) is 2.86. The van der Waals surface area contributed by atoms with Crippen LogP contribution in [0.2, 0.25) is 0 Å². The molecule has 2 aromatic carbocycles. The quantitative estimate of drug-likeness (QED) is 0.414.